The first-order chi connectivity index (χ1) is 7.66. The van der Waals surface area contributed by atoms with E-state index in [-0.39, 0.29) is 0 Å². The molecule has 0 bridgehead atoms. The van der Waals surface area contributed by atoms with Crippen LogP contribution in [0.25, 0.3) is 0 Å². The van der Waals surface area contributed by atoms with Crippen molar-refractivity contribution in [1.29, 1.82) is 0 Å². The van der Waals surface area contributed by atoms with Crippen molar-refractivity contribution >= 4 is 34.4 Å². The first-order valence-corrected chi connectivity index (χ1v) is 7.06. The molecule has 0 aliphatic rings. The van der Waals surface area contributed by atoms with E-state index in [1.165, 1.54) is 24.5 Å². The maximum atomic E-state index is 2.38. The molecule has 2 rings (SSSR count). The van der Waals surface area contributed by atoms with Crippen molar-refractivity contribution in [2.45, 2.75) is 23.6 Å². The minimum Gasteiger partial charge on any atom is -0.0887 e. The zero-order chi connectivity index (χ0) is 11.5. The van der Waals surface area contributed by atoms with Crippen molar-refractivity contribution in [3.05, 3.63) is 57.2 Å². The lowest BCUT2D eigenvalue weighted by Crippen LogP contribution is -1.83. The molecule has 0 aromatic heterocycles. The van der Waals surface area contributed by atoms with E-state index in [0.717, 1.165) is 0 Å². The first-order valence-electron chi connectivity index (χ1n) is 5.16. The maximum absolute atomic E-state index is 2.38. The Bertz CT molecular complexity index is 506. The Balaban J connectivity index is 2.31. The summed E-state index contributed by atoms with van der Waals surface area (Å²) in [5.41, 5.74) is 2.68. The Morgan fingerprint density at radius 2 is 1.69 bits per heavy atom. The summed E-state index contributed by atoms with van der Waals surface area (Å²) in [4.78, 5) is 2.67. The van der Waals surface area contributed by atoms with Gasteiger partial charge in [0.05, 0.1) is 0 Å². The second-order valence-electron chi connectivity index (χ2n) is 3.80. The lowest BCUT2D eigenvalue weighted by atomic mass is 10.2. The molecule has 0 radical (unpaired) electrons. The molecule has 0 nitrogen and oxygen atoms in total. The average Bonchev–Trinajstić information content (AvgIpc) is 2.25. The van der Waals surface area contributed by atoms with Gasteiger partial charge in [0.25, 0.3) is 0 Å². The summed E-state index contributed by atoms with van der Waals surface area (Å²) in [6.45, 7) is 4.30. The summed E-state index contributed by atoms with van der Waals surface area (Å²) in [5, 5.41) is 0. The van der Waals surface area contributed by atoms with Gasteiger partial charge in [-0.3, -0.25) is 0 Å². The molecular weight excluding hydrogens is 327 g/mol. The fourth-order valence-corrected chi connectivity index (χ4v) is 3.18. The van der Waals surface area contributed by atoms with Crippen LogP contribution in [-0.4, -0.2) is 0 Å². The van der Waals surface area contributed by atoms with Crippen molar-refractivity contribution in [3.8, 4) is 0 Å². The van der Waals surface area contributed by atoms with Crippen LogP contribution < -0.4 is 0 Å². The fourth-order valence-electron chi connectivity index (χ4n) is 1.56. The van der Waals surface area contributed by atoms with Gasteiger partial charge in [-0.25, -0.2) is 0 Å². The zero-order valence-electron chi connectivity index (χ0n) is 9.33. The number of halogens is 1. The van der Waals surface area contributed by atoms with Crippen LogP contribution in [-0.2, 0) is 0 Å². The van der Waals surface area contributed by atoms with Crippen molar-refractivity contribution < 1.29 is 0 Å². The first kappa shape index (κ1) is 12.0. The van der Waals surface area contributed by atoms with Gasteiger partial charge in [-0.1, -0.05) is 41.6 Å². The minimum atomic E-state index is 1.31. The van der Waals surface area contributed by atoms with Crippen molar-refractivity contribution in [3.63, 3.8) is 0 Å². The van der Waals surface area contributed by atoms with Crippen LogP contribution in [0.3, 0.4) is 0 Å². The van der Waals surface area contributed by atoms with E-state index in [1.54, 1.807) is 0 Å². The van der Waals surface area contributed by atoms with E-state index in [9.17, 15) is 0 Å². The quantitative estimate of drug-likeness (QED) is 0.689. The lowest BCUT2D eigenvalue weighted by Gasteiger charge is -2.07. The average molecular weight is 340 g/mol. The molecule has 82 valence electrons. The summed E-state index contributed by atoms with van der Waals surface area (Å²) >= 11 is 4.23. The molecule has 0 aliphatic heterocycles. The highest BCUT2D eigenvalue weighted by atomic mass is 127. The van der Waals surface area contributed by atoms with E-state index in [2.05, 4.69) is 78.9 Å². The summed E-state index contributed by atoms with van der Waals surface area (Å²) in [6, 6.07) is 15.1. The number of aryl methyl sites for hydroxylation is 2. The predicted octanol–water partition coefficient (Wildman–Crippen LogP) is 5.06. The van der Waals surface area contributed by atoms with Crippen LogP contribution >= 0.6 is 34.4 Å². The van der Waals surface area contributed by atoms with Crippen LogP contribution in [0.5, 0.6) is 0 Å². The summed E-state index contributed by atoms with van der Waals surface area (Å²) in [7, 11) is 0. The van der Waals surface area contributed by atoms with Crippen LogP contribution in [0, 0.1) is 17.4 Å². The molecule has 2 heteroatoms. The number of hydrogen-bond donors (Lipinski definition) is 0. The number of benzene rings is 2. The molecule has 0 atom stereocenters. The molecule has 0 fully saturated rings. The third-order valence-electron chi connectivity index (χ3n) is 2.39. The highest BCUT2D eigenvalue weighted by molar-refractivity contribution is 14.1. The summed E-state index contributed by atoms with van der Waals surface area (Å²) in [6.07, 6.45) is 0. The van der Waals surface area contributed by atoms with Gasteiger partial charge < -0.3 is 0 Å². The number of hydrogen-bond acceptors (Lipinski definition) is 1. The van der Waals surface area contributed by atoms with Crippen molar-refractivity contribution in [1.82, 2.24) is 0 Å². The third kappa shape index (κ3) is 2.80. The second kappa shape index (κ2) is 5.23. The number of rotatable bonds is 2. The summed E-state index contributed by atoms with van der Waals surface area (Å²) < 4.78 is 1.31. The molecule has 0 amide bonds. The largest absolute Gasteiger partial charge is 0.0887 e. The smallest absolute Gasteiger partial charge is 0.0269 e. The van der Waals surface area contributed by atoms with Gasteiger partial charge in [0.15, 0.2) is 0 Å². The van der Waals surface area contributed by atoms with Gasteiger partial charge in [0.2, 0.25) is 0 Å². The fraction of sp³-hybridized carbons (Fsp3) is 0.143. The molecule has 16 heavy (non-hydrogen) atoms. The van der Waals surface area contributed by atoms with Crippen molar-refractivity contribution in [2.24, 2.45) is 0 Å². The molecular formula is C14H13IS. The Labute approximate surface area is 115 Å². The molecule has 0 unspecified atom stereocenters. The Hall–Kier alpha value is -0.480. The molecule has 0 saturated carbocycles. The van der Waals surface area contributed by atoms with Gasteiger partial charge >= 0.3 is 0 Å². The molecule has 0 N–H and O–H groups in total. The van der Waals surface area contributed by atoms with Gasteiger partial charge in [-0.15, -0.1) is 0 Å². The molecule has 0 heterocycles. The highest BCUT2D eigenvalue weighted by Gasteiger charge is 2.03. The van der Waals surface area contributed by atoms with Crippen LogP contribution in [0.4, 0.5) is 0 Å². The second-order valence-corrected chi connectivity index (χ2v) is 6.05. The van der Waals surface area contributed by atoms with E-state index in [4.69, 9.17) is 0 Å². The van der Waals surface area contributed by atoms with Gasteiger partial charge in [-0.05, 0) is 60.2 Å². The normalized spacial score (nSPS) is 10.4. The van der Waals surface area contributed by atoms with Crippen LogP contribution in [0.1, 0.15) is 11.1 Å². The Morgan fingerprint density at radius 1 is 0.938 bits per heavy atom. The van der Waals surface area contributed by atoms with E-state index < -0.39 is 0 Å². The third-order valence-corrected chi connectivity index (χ3v) is 4.95. The van der Waals surface area contributed by atoms with Crippen LogP contribution in [0.2, 0.25) is 0 Å². The van der Waals surface area contributed by atoms with Crippen molar-refractivity contribution in [2.75, 3.05) is 0 Å². The maximum Gasteiger partial charge on any atom is 0.0269 e. The Kier molecular flexibility index (Phi) is 3.92. The van der Waals surface area contributed by atoms with E-state index in [1.807, 2.05) is 11.8 Å². The Morgan fingerprint density at radius 3 is 2.38 bits per heavy atom. The standard InChI is InChI=1S/C14H13IS/c1-10-7-8-13(11(2)9-10)16-14-6-4-3-5-12(14)15/h3-9H,1-2H3. The van der Waals surface area contributed by atoms with E-state index in [0.29, 0.717) is 0 Å². The lowest BCUT2D eigenvalue weighted by molar-refractivity contribution is 1.25. The zero-order valence-corrected chi connectivity index (χ0v) is 12.3. The molecule has 0 spiro atoms. The highest BCUT2D eigenvalue weighted by Crippen LogP contribution is 2.33. The predicted molar refractivity (Wildman–Crippen MR) is 79.2 cm³/mol. The summed E-state index contributed by atoms with van der Waals surface area (Å²) in [5.74, 6) is 0. The molecule has 2 aromatic rings. The molecule has 0 aliphatic carbocycles. The minimum absolute atomic E-state index is 1.31. The SMILES string of the molecule is Cc1ccc(Sc2ccccc2I)c(C)c1. The molecule has 0 saturated heterocycles. The molecule has 2 aromatic carbocycles. The van der Waals surface area contributed by atoms with Gasteiger partial charge in [-0.2, -0.15) is 0 Å². The van der Waals surface area contributed by atoms with Crippen LogP contribution in [0.15, 0.2) is 52.3 Å². The van der Waals surface area contributed by atoms with E-state index >= 15 is 0 Å². The monoisotopic (exact) mass is 340 g/mol. The topological polar surface area (TPSA) is 0 Å². The van der Waals surface area contributed by atoms with Gasteiger partial charge in [0.1, 0.15) is 0 Å². The van der Waals surface area contributed by atoms with Gasteiger partial charge in [0, 0.05) is 13.4 Å².